The number of aryl methyl sites for hydroxylation is 2. The van der Waals surface area contributed by atoms with Crippen LogP contribution in [0, 0.1) is 0 Å². The van der Waals surface area contributed by atoms with Gasteiger partial charge in [0.05, 0.1) is 6.04 Å². The summed E-state index contributed by atoms with van der Waals surface area (Å²) < 4.78 is 1.92. The number of hydrogen-bond donors (Lipinski definition) is 2. The van der Waals surface area contributed by atoms with Crippen molar-refractivity contribution in [3.63, 3.8) is 0 Å². The summed E-state index contributed by atoms with van der Waals surface area (Å²) in [5, 5.41) is 10.8. The Balaban J connectivity index is 1.70. The van der Waals surface area contributed by atoms with Gasteiger partial charge < -0.3 is 10.6 Å². The minimum absolute atomic E-state index is 0.149. The lowest BCUT2D eigenvalue weighted by molar-refractivity contribution is 0.102. The summed E-state index contributed by atoms with van der Waals surface area (Å²) in [6.07, 6.45) is 6.14. The third kappa shape index (κ3) is 3.67. The summed E-state index contributed by atoms with van der Waals surface area (Å²) >= 11 is 0. The van der Waals surface area contributed by atoms with Crippen molar-refractivity contribution >= 4 is 11.6 Å². The summed E-state index contributed by atoms with van der Waals surface area (Å²) in [7, 11) is 0. The zero-order chi connectivity index (χ0) is 16.9. The molecule has 1 unspecified atom stereocenters. The monoisotopic (exact) mass is 326 g/mol. The predicted octanol–water partition coefficient (Wildman–Crippen LogP) is 3.18. The number of hydrogen-bond acceptors (Lipinski definition) is 3. The summed E-state index contributed by atoms with van der Waals surface area (Å²) in [4.78, 5) is 12.5. The van der Waals surface area contributed by atoms with Crippen LogP contribution in [0.1, 0.15) is 54.3 Å². The van der Waals surface area contributed by atoms with Gasteiger partial charge in [0.15, 0.2) is 5.69 Å². The molecule has 0 radical (unpaired) electrons. The number of carbonyl (C=O) groups excluding carboxylic acids is 1. The molecule has 1 saturated heterocycles. The van der Waals surface area contributed by atoms with Gasteiger partial charge in [-0.05, 0) is 61.6 Å². The van der Waals surface area contributed by atoms with Crippen molar-refractivity contribution in [3.05, 3.63) is 47.3 Å². The number of rotatable bonds is 5. The summed E-state index contributed by atoms with van der Waals surface area (Å²) in [6, 6.07) is 8.28. The van der Waals surface area contributed by atoms with E-state index in [2.05, 4.69) is 41.7 Å². The van der Waals surface area contributed by atoms with E-state index in [1.54, 1.807) is 6.07 Å². The van der Waals surface area contributed by atoms with Crippen LogP contribution < -0.4 is 10.6 Å². The molecular weight excluding hydrogens is 300 g/mol. The van der Waals surface area contributed by atoms with Gasteiger partial charge in [0.2, 0.25) is 0 Å². The second-order valence-corrected chi connectivity index (χ2v) is 6.33. The average molecular weight is 326 g/mol. The van der Waals surface area contributed by atoms with Gasteiger partial charge in [0.25, 0.3) is 5.91 Å². The van der Waals surface area contributed by atoms with Crippen LogP contribution in [0.3, 0.4) is 0 Å². The van der Waals surface area contributed by atoms with E-state index in [1.165, 1.54) is 11.1 Å². The number of carbonyl (C=O) groups is 1. The van der Waals surface area contributed by atoms with Crippen LogP contribution in [0.5, 0.6) is 0 Å². The van der Waals surface area contributed by atoms with E-state index >= 15 is 0 Å². The molecule has 1 aliphatic heterocycles. The maximum atomic E-state index is 12.5. The zero-order valence-electron chi connectivity index (χ0n) is 14.5. The largest absolute Gasteiger partial charge is 0.321 e. The SMILES string of the molecule is CCc1ccc(NC(=O)c2ccn(C3CCCNC3)n2)cc1CC. The number of nitrogens with one attached hydrogen (secondary N) is 2. The number of amides is 1. The lowest BCUT2D eigenvalue weighted by atomic mass is 10.0. The Kier molecular flexibility index (Phi) is 5.30. The van der Waals surface area contributed by atoms with Crippen LogP contribution in [0.25, 0.3) is 0 Å². The number of benzene rings is 1. The lowest BCUT2D eigenvalue weighted by Gasteiger charge is -2.22. The van der Waals surface area contributed by atoms with Gasteiger partial charge in [-0.3, -0.25) is 9.48 Å². The minimum atomic E-state index is -0.149. The van der Waals surface area contributed by atoms with Crippen molar-refractivity contribution < 1.29 is 4.79 Å². The lowest BCUT2D eigenvalue weighted by Crippen LogP contribution is -2.32. The van der Waals surface area contributed by atoms with E-state index in [-0.39, 0.29) is 5.91 Å². The van der Waals surface area contributed by atoms with Crippen molar-refractivity contribution in [3.8, 4) is 0 Å². The van der Waals surface area contributed by atoms with E-state index < -0.39 is 0 Å². The van der Waals surface area contributed by atoms with Crippen molar-refractivity contribution in [1.82, 2.24) is 15.1 Å². The third-order valence-corrected chi connectivity index (χ3v) is 4.71. The van der Waals surface area contributed by atoms with Gasteiger partial charge in [-0.15, -0.1) is 0 Å². The second-order valence-electron chi connectivity index (χ2n) is 6.33. The smallest absolute Gasteiger partial charge is 0.276 e. The highest BCUT2D eigenvalue weighted by Gasteiger charge is 2.18. The fourth-order valence-corrected chi connectivity index (χ4v) is 3.29. The molecule has 1 amide bonds. The molecule has 0 bridgehead atoms. The Morgan fingerprint density at radius 1 is 1.29 bits per heavy atom. The Hall–Kier alpha value is -2.14. The van der Waals surface area contributed by atoms with Gasteiger partial charge in [0, 0.05) is 18.4 Å². The van der Waals surface area contributed by atoms with Gasteiger partial charge in [-0.2, -0.15) is 5.10 Å². The topological polar surface area (TPSA) is 59.0 Å². The molecular formula is C19H26N4O. The van der Waals surface area contributed by atoms with E-state index in [4.69, 9.17) is 0 Å². The fraction of sp³-hybridized carbons (Fsp3) is 0.474. The van der Waals surface area contributed by atoms with Crippen LogP contribution in [0.15, 0.2) is 30.5 Å². The molecule has 3 rings (SSSR count). The van der Waals surface area contributed by atoms with Gasteiger partial charge >= 0.3 is 0 Å². The summed E-state index contributed by atoms with van der Waals surface area (Å²) in [5.74, 6) is -0.149. The quantitative estimate of drug-likeness (QED) is 0.887. The van der Waals surface area contributed by atoms with E-state index in [0.717, 1.165) is 44.5 Å². The minimum Gasteiger partial charge on any atom is -0.321 e. The first-order valence-electron chi connectivity index (χ1n) is 8.90. The van der Waals surface area contributed by atoms with E-state index in [0.29, 0.717) is 11.7 Å². The molecule has 1 atom stereocenters. The fourth-order valence-electron chi connectivity index (χ4n) is 3.29. The number of aromatic nitrogens is 2. The molecule has 1 fully saturated rings. The Morgan fingerprint density at radius 3 is 2.83 bits per heavy atom. The normalized spacial score (nSPS) is 17.7. The maximum absolute atomic E-state index is 12.5. The Bertz CT molecular complexity index is 701. The Labute approximate surface area is 143 Å². The molecule has 1 aromatic heterocycles. The number of nitrogens with zero attached hydrogens (tertiary/aromatic N) is 2. The van der Waals surface area contributed by atoms with E-state index in [9.17, 15) is 4.79 Å². The first kappa shape index (κ1) is 16.7. The zero-order valence-corrected chi connectivity index (χ0v) is 14.5. The first-order chi connectivity index (χ1) is 11.7. The van der Waals surface area contributed by atoms with Gasteiger partial charge in [0.1, 0.15) is 0 Å². The molecule has 128 valence electrons. The molecule has 1 aromatic carbocycles. The van der Waals surface area contributed by atoms with Crippen LogP contribution in [0.4, 0.5) is 5.69 Å². The maximum Gasteiger partial charge on any atom is 0.276 e. The van der Waals surface area contributed by atoms with Crippen molar-refractivity contribution in [2.75, 3.05) is 18.4 Å². The molecule has 24 heavy (non-hydrogen) atoms. The highest BCUT2D eigenvalue weighted by molar-refractivity contribution is 6.02. The number of piperidine rings is 1. The molecule has 5 heteroatoms. The average Bonchev–Trinajstić information content (AvgIpc) is 3.12. The van der Waals surface area contributed by atoms with Crippen LogP contribution >= 0.6 is 0 Å². The molecule has 0 saturated carbocycles. The Morgan fingerprint density at radius 2 is 2.12 bits per heavy atom. The summed E-state index contributed by atoms with van der Waals surface area (Å²) in [6.45, 7) is 6.28. The molecule has 0 spiro atoms. The van der Waals surface area contributed by atoms with Gasteiger partial charge in [-0.25, -0.2) is 0 Å². The predicted molar refractivity (Wildman–Crippen MR) is 96.5 cm³/mol. The molecule has 5 nitrogen and oxygen atoms in total. The first-order valence-corrected chi connectivity index (χ1v) is 8.90. The second kappa shape index (κ2) is 7.62. The number of anilines is 1. The van der Waals surface area contributed by atoms with Crippen LogP contribution in [-0.4, -0.2) is 28.8 Å². The third-order valence-electron chi connectivity index (χ3n) is 4.71. The van der Waals surface area contributed by atoms with Crippen LogP contribution in [0.2, 0.25) is 0 Å². The molecule has 0 aliphatic carbocycles. The molecule has 2 heterocycles. The highest BCUT2D eigenvalue weighted by atomic mass is 16.1. The van der Waals surface area contributed by atoms with Crippen molar-refractivity contribution in [1.29, 1.82) is 0 Å². The van der Waals surface area contributed by atoms with Gasteiger partial charge in [-0.1, -0.05) is 19.9 Å². The van der Waals surface area contributed by atoms with Crippen molar-refractivity contribution in [2.24, 2.45) is 0 Å². The van der Waals surface area contributed by atoms with E-state index in [1.807, 2.05) is 16.9 Å². The van der Waals surface area contributed by atoms with Crippen LogP contribution in [-0.2, 0) is 12.8 Å². The molecule has 2 N–H and O–H groups in total. The standard InChI is InChI=1S/C19H26N4O/c1-3-14-7-8-16(12-15(14)4-2)21-19(24)18-9-11-23(22-18)17-6-5-10-20-13-17/h7-9,11-12,17,20H,3-6,10,13H2,1-2H3,(H,21,24). The summed E-state index contributed by atoms with van der Waals surface area (Å²) in [5.41, 5.74) is 3.93. The molecule has 1 aliphatic rings. The molecule has 2 aromatic rings. The van der Waals surface area contributed by atoms with Crippen molar-refractivity contribution in [2.45, 2.75) is 45.6 Å². The highest BCUT2D eigenvalue weighted by Crippen LogP contribution is 2.19.